The minimum atomic E-state index is -0.0214. The molecule has 0 spiro atoms. The zero-order valence-electron chi connectivity index (χ0n) is 18.4. The summed E-state index contributed by atoms with van der Waals surface area (Å²) in [5, 5.41) is 10.8. The predicted molar refractivity (Wildman–Crippen MR) is 127 cm³/mol. The monoisotopic (exact) mass is 410 g/mol. The maximum absolute atomic E-state index is 10.8. The van der Waals surface area contributed by atoms with E-state index in [0.717, 1.165) is 22.6 Å². The second-order valence-electron chi connectivity index (χ2n) is 8.63. The van der Waals surface area contributed by atoms with Crippen LogP contribution >= 0.6 is 23.5 Å². The van der Waals surface area contributed by atoms with Crippen molar-refractivity contribution in [2.45, 2.75) is 103 Å². The Morgan fingerprint density at radius 3 is 1.85 bits per heavy atom. The largest absolute Gasteiger partial charge is 0.507 e. The Kier molecular flexibility index (Phi) is 12.7. The highest BCUT2D eigenvalue weighted by Gasteiger charge is 2.21. The summed E-state index contributed by atoms with van der Waals surface area (Å²) >= 11 is 4.01. The first-order valence-corrected chi connectivity index (χ1v) is 13.2. The van der Waals surface area contributed by atoms with Crippen LogP contribution in [0.3, 0.4) is 0 Å². The van der Waals surface area contributed by atoms with Crippen LogP contribution in [0, 0.1) is 0 Å². The lowest BCUT2D eigenvalue weighted by molar-refractivity contribution is 0.442. The van der Waals surface area contributed by atoms with Gasteiger partial charge in [0.15, 0.2) is 0 Å². The number of phenols is 1. The molecule has 1 N–H and O–H groups in total. The Labute approximate surface area is 177 Å². The van der Waals surface area contributed by atoms with Crippen LogP contribution in [-0.2, 0) is 16.9 Å². The first-order valence-electron chi connectivity index (χ1n) is 10.9. The van der Waals surface area contributed by atoms with Gasteiger partial charge in [0, 0.05) is 17.1 Å². The zero-order chi connectivity index (χ0) is 20.1. The third-order valence-electron chi connectivity index (χ3n) is 4.87. The molecule has 0 heterocycles. The number of rotatable bonds is 14. The van der Waals surface area contributed by atoms with Gasteiger partial charge in [-0.2, -0.15) is 23.5 Å². The molecule has 0 aliphatic heterocycles. The molecule has 0 saturated heterocycles. The van der Waals surface area contributed by atoms with E-state index in [-0.39, 0.29) is 5.41 Å². The number of benzene rings is 1. The molecule has 0 radical (unpaired) electrons. The molecule has 0 unspecified atom stereocenters. The first-order chi connectivity index (χ1) is 12.9. The number of hydrogen-bond acceptors (Lipinski definition) is 3. The minimum Gasteiger partial charge on any atom is -0.507 e. The van der Waals surface area contributed by atoms with Gasteiger partial charge in [0.05, 0.1) is 0 Å². The van der Waals surface area contributed by atoms with Crippen LogP contribution in [0.5, 0.6) is 5.75 Å². The lowest BCUT2D eigenvalue weighted by Crippen LogP contribution is -2.13. The summed E-state index contributed by atoms with van der Waals surface area (Å²) in [5.74, 6) is 4.95. The molecule has 3 heteroatoms. The van der Waals surface area contributed by atoms with Gasteiger partial charge < -0.3 is 5.11 Å². The number of hydrogen-bond donors (Lipinski definition) is 1. The van der Waals surface area contributed by atoms with Crippen molar-refractivity contribution in [3.05, 3.63) is 28.8 Å². The molecule has 0 aliphatic carbocycles. The molecule has 0 fully saturated rings. The van der Waals surface area contributed by atoms with Crippen molar-refractivity contribution in [3.8, 4) is 5.75 Å². The van der Waals surface area contributed by atoms with E-state index in [2.05, 4.69) is 46.8 Å². The van der Waals surface area contributed by atoms with Gasteiger partial charge in [-0.15, -0.1) is 0 Å². The number of unbranched alkanes of at least 4 members (excludes halogenated alkanes) is 6. The summed E-state index contributed by atoms with van der Waals surface area (Å²) < 4.78 is 0. The van der Waals surface area contributed by atoms with Gasteiger partial charge in [-0.3, -0.25) is 0 Å². The van der Waals surface area contributed by atoms with Crippen LogP contribution in [0.25, 0.3) is 0 Å². The fraction of sp³-hybridized carbons (Fsp3) is 0.750. The van der Waals surface area contributed by atoms with Crippen molar-refractivity contribution in [2.75, 3.05) is 11.5 Å². The fourth-order valence-electron chi connectivity index (χ4n) is 3.16. The third kappa shape index (κ3) is 10.2. The van der Waals surface area contributed by atoms with Crippen LogP contribution in [0.2, 0.25) is 0 Å². The number of thioether (sulfide) groups is 2. The van der Waals surface area contributed by atoms with Crippen molar-refractivity contribution < 1.29 is 5.11 Å². The summed E-state index contributed by atoms with van der Waals surface area (Å²) in [5.41, 5.74) is 3.59. The third-order valence-corrected chi connectivity index (χ3v) is 7.07. The Hall–Kier alpha value is -0.280. The summed E-state index contributed by atoms with van der Waals surface area (Å²) in [6.07, 6.45) is 10.6. The van der Waals surface area contributed by atoms with E-state index in [1.54, 1.807) is 0 Å². The Bertz CT molecular complexity index is 520. The van der Waals surface area contributed by atoms with E-state index in [9.17, 15) is 5.11 Å². The second-order valence-corrected chi connectivity index (χ2v) is 10.8. The van der Waals surface area contributed by atoms with Gasteiger partial charge >= 0.3 is 0 Å². The molecule has 0 bridgehead atoms. The SMILES string of the molecule is CCCCCCSCc1cc(CSCCCCCC)c(O)c(C(C)(C)C)c1. The smallest absolute Gasteiger partial charge is 0.123 e. The molecule has 156 valence electrons. The average Bonchev–Trinajstić information content (AvgIpc) is 2.62. The van der Waals surface area contributed by atoms with E-state index < -0.39 is 0 Å². The summed E-state index contributed by atoms with van der Waals surface area (Å²) in [4.78, 5) is 0. The maximum Gasteiger partial charge on any atom is 0.123 e. The highest BCUT2D eigenvalue weighted by Crippen LogP contribution is 2.37. The molecule has 0 aromatic heterocycles. The van der Waals surface area contributed by atoms with Crippen molar-refractivity contribution in [1.29, 1.82) is 0 Å². The van der Waals surface area contributed by atoms with Crippen molar-refractivity contribution >= 4 is 23.5 Å². The summed E-state index contributed by atoms with van der Waals surface area (Å²) in [6, 6.07) is 4.49. The molecular weight excluding hydrogens is 368 g/mol. The van der Waals surface area contributed by atoms with E-state index in [4.69, 9.17) is 0 Å². The standard InChI is InChI=1S/C24H42OS2/c1-6-8-10-12-14-26-18-20-16-21(19-27-15-13-11-9-7-2)23(25)22(17-20)24(3,4)5/h16-17,25H,6-15,18-19H2,1-5H3. The molecule has 1 nitrogen and oxygen atoms in total. The van der Waals surface area contributed by atoms with Crippen molar-refractivity contribution in [3.63, 3.8) is 0 Å². The molecule has 0 aliphatic rings. The molecule has 1 aromatic rings. The normalized spacial score (nSPS) is 11.9. The Morgan fingerprint density at radius 2 is 1.33 bits per heavy atom. The van der Waals surface area contributed by atoms with Gasteiger partial charge in [-0.05, 0) is 40.9 Å². The minimum absolute atomic E-state index is 0.0214. The molecular formula is C24H42OS2. The van der Waals surface area contributed by atoms with E-state index in [1.165, 1.54) is 68.4 Å². The van der Waals surface area contributed by atoms with Crippen LogP contribution in [0.1, 0.15) is 103 Å². The molecule has 0 saturated carbocycles. The van der Waals surface area contributed by atoms with E-state index in [0.29, 0.717) is 5.75 Å². The highest BCUT2D eigenvalue weighted by molar-refractivity contribution is 7.98. The molecule has 0 atom stereocenters. The van der Waals surface area contributed by atoms with Gasteiger partial charge in [0.1, 0.15) is 5.75 Å². The molecule has 1 aromatic carbocycles. The average molecular weight is 411 g/mol. The molecule has 0 amide bonds. The van der Waals surface area contributed by atoms with Gasteiger partial charge in [0.25, 0.3) is 0 Å². The second kappa shape index (κ2) is 13.8. The lowest BCUT2D eigenvalue weighted by atomic mass is 9.84. The first kappa shape index (κ1) is 24.8. The lowest BCUT2D eigenvalue weighted by Gasteiger charge is -2.23. The van der Waals surface area contributed by atoms with Crippen molar-refractivity contribution in [1.82, 2.24) is 0 Å². The number of aromatic hydroxyl groups is 1. The highest BCUT2D eigenvalue weighted by atomic mass is 32.2. The Balaban J connectivity index is 2.67. The topological polar surface area (TPSA) is 20.2 Å². The van der Waals surface area contributed by atoms with Crippen LogP contribution < -0.4 is 0 Å². The van der Waals surface area contributed by atoms with Gasteiger partial charge in [-0.25, -0.2) is 0 Å². The summed E-state index contributed by atoms with van der Waals surface area (Å²) in [6.45, 7) is 11.1. The van der Waals surface area contributed by atoms with Crippen LogP contribution in [-0.4, -0.2) is 16.6 Å². The summed E-state index contributed by atoms with van der Waals surface area (Å²) in [7, 11) is 0. The zero-order valence-corrected chi connectivity index (χ0v) is 20.0. The van der Waals surface area contributed by atoms with Gasteiger partial charge in [0.2, 0.25) is 0 Å². The van der Waals surface area contributed by atoms with Crippen molar-refractivity contribution in [2.24, 2.45) is 0 Å². The fourth-order valence-corrected chi connectivity index (χ4v) is 5.11. The quantitative estimate of drug-likeness (QED) is 0.311. The van der Waals surface area contributed by atoms with Crippen LogP contribution in [0.4, 0.5) is 0 Å². The Morgan fingerprint density at radius 1 is 0.778 bits per heavy atom. The molecule has 27 heavy (non-hydrogen) atoms. The maximum atomic E-state index is 10.8. The van der Waals surface area contributed by atoms with Gasteiger partial charge in [-0.1, -0.05) is 85.3 Å². The molecule has 1 rings (SSSR count). The van der Waals surface area contributed by atoms with Crippen LogP contribution in [0.15, 0.2) is 12.1 Å². The van der Waals surface area contributed by atoms with E-state index in [1.807, 2.05) is 23.5 Å². The van der Waals surface area contributed by atoms with E-state index >= 15 is 0 Å². The number of phenolic OH excluding ortho intramolecular Hbond substituents is 1. The predicted octanol–water partition coefficient (Wildman–Crippen LogP) is 8.32.